The van der Waals surface area contributed by atoms with Crippen molar-refractivity contribution in [3.8, 4) is 0 Å². The van der Waals surface area contributed by atoms with Gasteiger partial charge in [0.25, 0.3) is 0 Å². The Labute approximate surface area is 99.8 Å². The Hall–Kier alpha value is -1.31. The highest BCUT2D eigenvalue weighted by Crippen LogP contribution is 2.19. The Morgan fingerprint density at radius 3 is 2.82 bits per heavy atom. The van der Waals surface area contributed by atoms with Crippen LogP contribution in [-0.2, 0) is 4.74 Å². The van der Waals surface area contributed by atoms with Crippen molar-refractivity contribution in [3.63, 3.8) is 0 Å². The number of hydrogen-bond donors (Lipinski definition) is 1. The average molecular weight is 268 g/mol. The van der Waals surface area contributed by atoms with E-state index < -0.39 is 24.9 Å². The summed E-state index contributed by atoms with van der Waals surface area (Å²) >= 11 is 1.32. The molecule has 4 nitrogen and oxygen atoms in total. The molecule has 0 saturated carbocycles. The Morgan fingerprint density at radius 1 is 1.65 bits per heavy atom. The maximum Gasteiger partial charge on any atom is 0.422 e. The molecule has 0 spiro atoms. The average Bonchev–Trinajstić information content (AvgIpc) is 2.75. The van der Waals surface area contributed by atoms with E-state index in [0.717, 1.165) is 0 Å². The molecule has 1 atom stereocenters. The molecule has 1 aromatic rings. The van der Waals surface area contributed by atoms with Crippen molar-refractivity contribution >= 4 is 17.4 Å². The van der Waals surface area contributed by atoms with Gasteiger partial charge < -0.3 is 10.1 Å². The number of nitrogens with zero attached hydrogens (tertiary/aromatic N) is 1. The van der Waals surface area contributed by atoms with Gasteiger partial charge in [-0.2, -0.15) is 13.2 Å². The fourth-order valence-corrected chi connectivity index (χ4v) is 1.85. The summed E-state index contributed by atoms with van der Waals surface area (Å²) in [6.45, 7) is 0.198. The zero-order valence-corrected chi connectivity index (χ0v) is 9.77. The van der Waals surface area contributed by atoms with Crippen LogP contribution in [0.15, 0.2) is 11.6 Å². The van der Waals surface area contributed by atoms with Crippen LogP contribution in [-0.4, -0.2) is 23.9 Å². The summed E-state index contributed by atoms with van der Waals surface area (Å²) in [5.41, 5.74) is 0. The summed E-state index contributed by atoms with van der Waals surface area (Å²) in [4.78, 5) is 15.1. The molecule has 17 heavy (non-hydrogen) atoms. The van der Waals surface area contributed by atoms with Gasteiger partial charge in [-0.25, -0.2) is 9.78 Å². The lowest BCUT2D eigenvalue weighted by atomic mass is 10.2. The van der Waals surface area contributed by atoms with Gasteiger partial charge in [0.1, 0.15) is 5.01 Å². The van der Waals surface area contributed by atoms with E-state index >= 15 is 0 Å². The number of ether oxygens (including phenoxy) is 1. The molecular formula is C9H11F3N2O2S. The number of halogens is 3. The highest BCUT2D eigenvalue weighted by Gasteiger charge is 2.30. The summed E-state index contributed by atoms with van der Waals surface area (Å²) < 4.78 is 39.4. The monoisotopic (exact) mass is 268 g/mol. The number of alkyl halides is 3. The first kappa shape index (κ1) is 13.8. The zero-order valence-electron chi connectivity index (χ0n) is 8.95. The van der Waals surface area contributed by atoms with E-state index in [0.29, 0.717) is 11.4 Å². The Balaban J connectivity index is 2.44. The van der Waals surface area contributed by atoms with Crippen LogP contribution in [0, 0.1) is 0 Å². The lowest BCUT2D eigenvalue weighted by Crippen LogP contribution is -2.31. The van der Waals surface area contributed by atoms with E-state index in [1.54, 1.807) is 18.5 Å². The standard InChI is InChI=1S/C9H11F3N2O2S/c1-2-6(7-13-3-4-17-7)14-8(15)16-5-9(10,11)12/h3-4,6H,2,5H2,1H3,(H,14,15). The van der Waals surface area contributed by atoms with Crippen molar-refractivity contribution in [1.82, 2.24) is 10.3 Å². The molecule has 1 heterocycles. The summed E-state index contributed by atoms with van der Waals surface area (Å²) in [6, 6.07) is -0.421. The Bertz CT molecular complexity index is 354. The summed E-state index contributed by atoms with van der Waals surface area (Å²) in [6.07, 6.45) is -3.52. The molecule has 0 radical (unpaired) electrons. The molecule has 1 rings (SSSR count). The van der Waals surface area contributed by atoms with E-state index in [4.69, 9.17) is 0 Å². The molecule has 0 aliphatic carbocycles. The number of hydrogen-bond acceptors (Lipinski definition) is 4. The van der Waals surface area contributed by atoms with E-state index in [2.05, 4.69) is 15.0 Å². The second-order valence-corrected chi connectivity index (χ2v) is 4.09. The molecule has 1 amide bonds. The predicted octanol–water partition coefficient (Wildman–Crippen LogP) is 2.88. The minimum atomic E-state index is -4.51. The normalized spacial score (nSPS) is 13.2. The van der Waals surface area contributed by atoms with Crippen LogP contribution < -0.4 is 5.32 Å². The minimum absolute atomic E-state index is 0.421. The van der Waals surface area contributed by atoms with Crippen LogP contribution in [0.25, 0.3) is 0 Å². The zero-order chi connectivity index (χ0) is 12.9. The maximum absolute atomic E-state index is 11.8. The van der Waals surface area contributed by atoms with Gasteiger partial charge in [0.15, 0.2) is 6.61 Å². The van der Waals surface area contributed by atoms with E-state index in [1.807, 2.05) is 0 Å². The number of amides is 1. The first-order valence-corrected chi connectivity index (χ1v) is 5.69. The van der Waals surface area contributed by atoms with E-state index in [9.17, 15) is 18.0 Å². The van der Waals surface area contributed by atoms with Gasteiger partial charge in [-0.3, -0.25) is 0 Å². The molecule has 8 heteroatoms. The van der Waals surface area contributed by atoms with Crippen LogP contribution in [0.5, 0.6) is 0 Å². The maximum atomic E-state index is 11.8. The largest absolute Gasteiger partial charge is 0.440 e. The van der Waals surface area contributed by atoms with Crippen molar-refractivity contribution in [1.29, 1.82) is 0 Å². The van der Waals surface area contributed by atoms with Crippen molar-refractivity contribution in [3.05, 3.63) is 16.6 Å². The second kappa shape index (κ2) is 5.85. The third-order valence-corrected chi connectivity index (χ3v) is 2.71. The second-order valence-electron chi connectivity index (χ2n) is 3.17. The topological polar surface area (TPSA) is 51.2 Å². The number of carbonyl (C=O) groups excluding carboxylic acids is 1. The SMILES string of the molecule is CCC(NC(=O)OCC(F)(F)F)c1nccs1. The molecular weight excluding hydrogens is 257 g/mol. The van der Waals surface area contributed by atoms with Gasteiger partial charge in [-0.15, -0.1) is 11.3 Å². The van der Waals surface area contributed by atoms with Crippen molar-refractivity contribution in [2.24, 2.45) is 0 Å². The molecule has 0 aliphatic rings. The molecule has 1 N–H and O–H groups in total. The summed E-state index contributed by atoms with van der Waals surface area (Å²) in [5, 5.41) is 4.69. The molecule has 0 aromatic carbocycles. The number of carbonyl (C=O) groups is 1. The van der Waals surface area contributed by atoms with Gasteiger partial charge in [0, 0.05) is 11.6 Å². The Kier molecular flexibility index (Phi) is 4.73. The van der Waals surface area contributed by atoms with Crippen LogP contribution in [0.3, 0.4) is 0 Å². The van der Waals surface area contributed by atoms with Crippen LogP contribution in [0.4, 0.5) is 18.0 Å². The van der Waals surface area contributed by atoms with Crippen LogP contribution >= 0.6 is 11.3 Å². The van der Waals surface area contributed by atoms with Crippen LogP contribution in [0.1, 0.15) is 24.4 Å². The molecule has 0 fully saturated rings. The Morgan fingerprint density at radius 2 is 2.35 bits per heavy atom. The predicted molar refractivity (Wildman–Crippen MR) is 55.7 cm³/mol. The quantitative estimate of drug-likeness (QED) is 0.913. The lowest BCUT2D eigenvalue weighted by molar-refractivity contribution is -0.160. The van der Waals surface area contributed by atoms with Crippen molar-refractivity contribution in [2.75, 3.05) is 6.61 Å². The van der Waals surface area contributed by atoms with Gasteiger partial charge in [-0.1, -0.05) is 6.92 Å². The number of nitrogens with one attached hydrogen (secondary N) is 1. The van der Waals surface area contributed by atoms with Crippen LogP contribution in [0.2, 0.25) is 0 Å². The van der Waals surface area contributed by atoms with Gasteiger partial charge in [-0.05, 0) is 6.42 Å². The number of thiazole rings is 1. The highest BCUT2D eigenvalue weighted by atomic mass is 32.1. The number of alkyl carbamates (subject to hydrolysis) is 1. The first-order chi connectivity index (χ1) is 7.92. The molecule has 0 aliphatic heterocycles. The van der Waals surface area contributed by atoms with E-state index in [1.165, 1.54) is 11.3 Å². The van der Waals surface area contributed by atoms with Crippen molar-refractivity contribution in [2.45, 2.75) is 25.6 Å². The smallest absolute Gasteiger partial charge is 0.422 e. The molecule has 1 unspecified atom stereocenters. The third-order valence-electron chi connectivity index (χ3n) is 1.82. The third kappa shape index (κ3) is 5.03. The highest BCUT2D eigenvalue weighted by molar-refractivity contribution is 7.09. The molecule has 0 bridgehead atoms. The van der Waals surface area contributed by atoms with E-state index in [-0.39, 0.29) is 0 Å². The summed E-state index contributed by atoms with van der Waals surface area (Å²) in [5.74, 6) is 0. The molecule has 96 valence electrons. The number of aromatic nitrogens is 1. The van der Waals surface area contributed by atoms with Gasteiger partial charge in [0.05, 0.1) is 6.04 Å². The van der Waals surface area contributed by atoms with Crippen molar-refractivity contribution < 1.29 is 22.7 Å². The molecule has 1 aromatic heterocycles. The van der Waals surface area contributed by atoms with Gasteiger partial charge in [0.2, 0.25) is 0 Å². The van der Waals surface area contributed by atoms with Gasteiger partial charge >= 0.3 is 12.3 Å². The fraction of sp³-hybridized carbons (Fsp3) is 0.556. The summed E-state index contributed by atoms with van der Waals surface area (Å²) in [7, 11) is 0. The first-order valence-electron chi connectivity index (χ1n) is 4.82. The molecule has 0 saturated heterocycles. The lowest BCUT2D eigenvalue weighted by Gasteiger charge is -2.15. The minimum Gasteiger partial charge on any atom is -0.440 e. The number of rotatable bonds is 4. The fourth-order valence-electron chi connectivity index (χ4n) is 1.08.